The number of non-ortho nitro benzene ring substituents is 1. The van der Waals surface area contributed by atoms with Crippen molar-refractivity contribution in [2.45, 2.75) is 0 Å². The van der Waals surface area contributed by atoms with Gasteiger partial charge >= 0.3 is 51.4 Å². The van der Waals surface area contributed by atoms with Crippen LogP contribution in [0.2, 0.25) is 0 Å². The molecule has 54 valence electrons. The molecule has 0 aliphatic carbocycles. The fourth-order valence-corrected chi connectivity index (χ4v) is 0.574. The summed E-state index contributed by atoms with van der Waals surface area (Å²) in [6, 6.07) is 5.04. The molecule has 5 heteroatoms. The van der Waals surface area contributed by atoms with Gasteiger partial charge in [0.1, 0.15) is 5.75 Å². The predicted octanol–water partition coefficient (Wildman–Crippen LogP) is 0.652. The average Bonchev–Trinajstić information content (AvgIpc) is 1.88. The Bertz CT molecular complexity index is 247. The first kappa shape index (κ1) is 11.1. The fraction of sp³-hybridized carbons (Fsp3) is 0. The maximum atomic E-state index is 10.0. The fourth-order valence-electron chi connectivity index (χ4n) is 0.574. The van der Waals surface area contributed by atoms with E-state index in [1.54, 1.807) is 0 Å². The second-order valence-corrected chi connectivity index (χ2v) is 1.77. The first-order chi connectivity index (χ1) is 4.70. The van der Waals surface area contributed by atoms with Crippen molar-refractivity contribution in [3.8, 4) is 5.75 Å². The SMILES string of the molecule is O=[N+]([O-])c1ccc(O)cc1.[KH]. The Morgan fingerprint density at radius 3 is 2.09 bits per heavy atom. The quantitative estimate of drug-likeness (QED) is 0.391. The van der Waals surface area contributed by atoms with E-state index in [9.17, 15) is 10.1 Å². The van der Waals surface area contributed by atoms with Crippen molar-refractivity contribution in [2.75, 3.05) is 0 Å². The van der Waals surface area contributed by atoms with Gasteiger partial charge in [-0.1, -0.05) is 0 Å². The van der Waals surface area contributed by atoms with Crippen LogP contribution in [0.5, 0.6) is 5.75 Å². The summed E-state index contributed by atoms with van der Waals surface area (Å²) in [7, 11) is 0. The summed E-state index contributed by atoms with van der Waals surface area (Å²) in [5.41, 5.74) is -0.0159. The summed E-state index contributed by atoms with van der Waals surface area (Å²) >= 11 is 0. The second-order valence-electron chi connectivity index (χ2n) is 1.77. The summed E-state index contributed by atoms with van der Waals surface area (Å²) in [4.78, 5) is 9.52. The molecule has 0 radical (unpaired) electrons. The molecule has 0 unspecified atom stereocenters. The molecule has 0 fully saturated rings. The van der Waals surface area contributed by atoms with E-state index in [0.717, 1.165) is 0 Å². The van der Waals surface area contributed by atoms with E-state index in [-0.39, 0.29) is 62.8 Å². The van der Waals surface area contributed by atoms with Crippen molar-refractivity contribution in [2.24, 2.45) is 0 Å². The zero-order valence-electron chi connectivity index (χ0n) is 5.02. The molecular weight excluding hydrogens is 173 g/mol. The third-order valence-corrected chi connectivity index (χ3v) is 1.06. The van der Waals surface area contributed by atoms with Crippen LogP contribution < -0.4 is 0 Å². The molecule has 0 aromatic heterocycles. The van der Waals surface area contributed by atoms with Gasteiger partial charge < -0.3 is 5.11 Å². The summed E-state index contributed by atoms with van der Waals surface area (Å²) in [6.07, 6.45) is 0. The van der Waals surface area contributed by atoms with Gasteiger partial charge in [0.15, 0.2) is 0 Å². The van der Waals surface area contributed by atoms with Gasteiger partial charge in [-0.05, 0) is 12.1 Å². The van der Waals surface area contributed by atoms with E-state index in [1.165, 1.54) is 24.3 Å². The normalized spacial score (nSPS) is 8.36. The van der Waals surface area contributed by atoms with E-state index < -0.39 is 4.92 Å². The van der Waals surface area contributed by atoms with Crippen molar-refractivity contribution in [1.29, 1.82) is 0 Å². The minimum absolute atomic E-state index is 0. The van der Waals surface area contributed by atoms with Gasteiger partial charge in [-0.2, -0.15) is 0 Å². The topological polar surface area (TPSA) is 63.4 Å². The predicted molar refractivity (Wildman–Crippen MR) is 41.9 cm³/mol. The van der Waals surface area contributed by atoms with Gasteiger partial charge in [0.25, 0.3) is 5.69 Å². The van der Waals surface area contributed by atoms with Gasteiger partial charge in [-0.15, -0.1) is 0 Å². The number of benzene rings is 1. The standard InChI is InChI=1S/C6H5NO3.K.H/c8-6-3-1-5(2-4-6)7(9)10;;/h1-4,8H;;. The van der Waals surface area contributed by atoms with E-state index in [2.05, 4.69) is 0 Å². The Balaban J connectivity index is 0.000001000. The van der Waals surface area contributed by atoms with Gasteiger partial charge in [-0.3, -0.25) is 10.1 Å². The number of phenols is 1. The third kappa shape index (κ3) is 3.30. The van der Waals surface area contributed by atoms with Crippen LogP contribution in [0.25, 0.3) is 0 Å². The molecule has 0 saturated carbocycles. The van der Waals surface area contributed by atoms with Gasteiger partial charge in [0.2, 0.25) is 0 Å². The van der Waals surface area contributed by atoms with Crippen LogP contribution in [-0.2, 0) is 0 Å². The van der Waals surface area contributed by atoms with Crippen molar-refractivity contribution in [3.05, 3.63) is 34.4 Å². The summed E-state index contributed by atoms with van der Waals surface area (Å²) in [5.74, 6) is 0.0330. The number of phenolic OH excluding ortho intramolecular Hbond substituents is 1. The number of aromatic hydroxyl groups is 1. The zero-order chi connectivity index (χ0) is 7.56. The molecule has 1 aromatic rings. The van der Waals surface area contributed by atoms with Crippen LogP contribution in [0.15, 0.2) is 24.3 Å². The number of hydrogen-bond donors (Lipinski definition) is 1. The van der Waals surface area contributed by atoms with Crippen LogP contribution in [0.4, 0.5) is 5.69 Å². The molecular formula is C6H6KNO3. The first-order valence-corrected chi connectivity index (χ1v) is 2.63. The molecule has 0 amide bonds. The van der Waals surface area contributed by atoms with Crippen LogP contribution in [0, 0.1) is 10.1 Å². The Labute approximate surface area is 106 Å². The second kappa shape index (κ2) is 4.84. The van der Waals surface area contributed by atoms with Crippen LogP contribution >= 0.6 is 0 Å². The van der Waals surface area contributed by atoms with Crippen molar-refractivity contribution < 1.29 is 10.0 Å². The number of nitro groups is 1. The third-order valence-electron chi connectivity index (χ3n) is 1.06. The molecule has 0 aliphatic rings. The molecule has 11 heavy (non-hydrogen) atoms. The van der Waals surface area contributed by atoms with E-state index in [1.807, 2.05) is 0 Å². The monoisotopic (exact) mass is 179 g/mol. The number of hydrogen-bond acceptors (Lipinski definition) is 3. The minimum atomic E-state index is -0.514. The van der Waals surface area contributed by atoms with Crippen molar-refractivity contribution in [3.63, 3.8) is 0 Å². The molecule has 0 bridgehead atoms. The van der Waals surface area contributed by atoms with E-state index in [0.29, 0.717) is 0 Å². The molecule has 1 aromatic carbocycles. The Kier molecular flexibility index (Phi) is 4.86. The summed E-state index contributed by atoms with van der Waals surface area (Å²) in [5, 5.41) is 18.8. The maximum absolute atomic E-state index is 10.0. The van der Waals surface area contributed by atoms with Gasteiger partial charge in [0.05, 0.1) is 4.92 Å². The average molecular weight is 179 g/mol. The molecule has 1 N–H and O–H groups in total. The molecule has 0 saturated heterocycles. The van der Waals surface area contributed by atoms with Crippen LogP contribution in [-0.4, -0.2) is 61.4 Å². The summed E-state index contributed by atoms with van der Waals surface area (Å²) in [6.45, 7) is 0. The number of nitrogens with zero attached hydrogens (tertiary/aromatic N) is 1. The van der Waals surface area contributed by atoms with E-state index in [4.69, 9.17) is 5.11 Å². The Morgan fingerprint density at radius 2 is 1.73 bits per heavy atom. The number of rotatable bonds is 1. The Hall–Kier alpha value is 0.0564. The first-order valence-electron chi connectivity index (χ1n) is 2.63. The zero-order valence-corrected chi connectivity index (χ0v) is 5.02. The number of nitro benzene ring substituents is 1. The molecule has 0 heterocycles. The molecule has 0 spiro atoms. The van der Waals surface area contributed by atoms with Crippen molar-refractivity contribution in [1.82, 2.24) is 0 Å². The van der Waals surface area contributed by atoms with Gasteiger partial charge in [-0.25, -0.2) is 0 Å². The Morgan fingerprint density at radius 1 is 1.27 bits per heavy atom. The molecule has 4 nitrogen and oxygen atoms in total. The van der Waals surface area contributed by atoms with Crippen LogP contribution in [0.3, 0.4) is 0 Å². The molecule has 0 atom stereocenters. The summed E-state index contributed by atoms with van der Waals surface area (Å²) < 4.78 is 0. The van der Waals surface area contributed by atoms with E-state index >= 15 is 0 Å². The van der Waals surface area contributed by atoms with Crippen molar-refractivity contribution >= 4 is 57.1 Å². The molecule has 0 aliphatic heterocycles. The molecule has 1 rings (SSSR count). The van der Waals surface area contributed by atoms with Crippen LogP contribution in [0.1, 0.15) is 0 Å². The van der Waals surface area contributed by atoms with Gasteiger partial charge in [0, 0.05) is 12.1 Å².